The average molecular weight is 448 g/mol. The molecule has 0 saturated carbocycles. The second-order valence-electron chi connectivity index (χ2n) is 8.24. The van der Waals surface area contributed by atoms with E-state index < -0.39 is 30.0 Å². The summed E-state index contributed by atoms with van der Waals surface area (Å²) in [4.78, 5) is 56.2. The monoisotopic (exact) mass is 447 g/mol. The van der Waals surface area contributed by atoms with Crippen LogP contribution in [-0.2, 0) is 19.1 Å². The van der Waals surface area contributed by atoms with Crippen molar-refractivity contribution >= 4 is 23.7 Å². The summed E-state index contributed by atoms with van der Waals surface area (Å²) in [5.74, 6) is -1.68. The molecule has 3 N–H and O–H groups in total. The van der Waals surface area contributed by atoms with Gasteiger partial charge in [-0.15, -0.1) is 0 Å². The van der Waals surface area contributed by atoms with E-state index in [0.29, 0.717) is 18.5 Å². The van der Waals surface area contributed by atoms with Crippen LogP contribution in [0.3, 0.4) is 0 Å². The van der Waals surface area contributed by atoms with Gasteiger partial charge in [0.05, 0.1) is 13.2 Å². The van der Waals surface area contributed by atoms with Crippen LogP contribution < -0.4 is 16.0 Å². The summed E-state index contributed by atoms with van der Waals surface area (Å²) in [6.45, 7) is 5.62. The van der Waals surface area contributed by atoms with Crippen molar-refractivity contribution in [2.45, 2.75) is 57.8 Å². The first-order valence-corrected chi connectivity index (χ1v) is 10.8. The first kappa shape index (κ1) is 25.3. The van der Waals surface area contributed by atoms with Gasteiger partial charge in [0, 0.05) is 30.5 Å². The fourth-order valence-electron chi connectivity index (χ4n) is 3.63. The Morgan fingerprint density at radius 2 is 1.81 bits per heavy atom. The number of piperidine rings is 1. The predicted molar refractivity (Wildman–Crippen MR) is 118 cm³/mol. The van der Waals surface area contributed by atoms with Gasteiger partial charge in [-0.1, -0.05) is 13.8 Å². The van der Waals surface area contributed by atoms with Crippen molar-refractivity contribution < 1.29 is 23.9 Å². The van der Waals surface area contributed by atoms with E-state index in [0.717, 1.165) is 0 Å². The van der Waals surface area contributed by atoms with Gasteiger partial charge in [0.25, 0.3) is 5.91 Å². The van der Waals surface area contributed by atoms with Crippen LogP contribution in [0.15, 0.2) is 24.5 Å². The lowest BCUT2D eigenvalue weighted by molar-refractivity contribution is -0.149. The van der Waals surface area contributed by atoms with Gasteiger partial charge in [0.15, 0.2) is 0 Å². The molecule has 1 fully saturated rings. The lowest BCUT2D eigenvalue weighted by atomic mass is 9.94. The Hall–Kier alpha value is -3.01. The number of ether oxygens (including phenoxy) is 1. The molecule has 0 aromatic carbocycles. The minimum atomic E-state index is -0.835. The minimum absolute atomic E-state index is 0.197. The van der Waals surface area contributed by atoms with E-state index in [1.807, 2.05) is 0 Å². The molecule has 0 radical (unpaired) electrons. The Labute approximate surface area is 188 Å². The van der Waals surface area contributed by atoms with Crippen molar-refractivity contribution in [2.24, 2.45) is 5.92 Å². The molecular formula is C22H33N5O5. The number of aromatic nitrogens is 1. The number of esters is 1. The molecule has 2 rings (SSSR count). The van der Waals surface area contributed by atoms with E-state index in [1.165, 1.54) is 24.4 Å². The second kappa shape index (κ2) is 11.6. The first-order valence-electron chi connectivity index (χ1n) is 10.8. The number of carbonyl (C=O) groups is 4. The SMILES string of the molecule is CN[C@@H](C)C(=O)N1CC[C@H](NC(=O)c2ccncc2)C[C@H]1C(=O)N[C@@H](C(=O)OC)C(C)C. The average Bonchev–Trinajstić information content (AvgIpc) is 2.81. The fraction of sp³-hybridized carbons (Fsp3) is 0.591. The van der Waals surface area contributed by atoms with Gasteiger partial charge in [0.2, 0.25) is 11.8 Å². The normalized spacial score (nSPS) is 20.2. The maximum atomic E-state index is 13.2. The predicted octanol–water partition coefficient (Wildman–Crippen LogP) is 0.0927. The van der Waals surface area contributed by atoms with Gasteiger partial charge in [-0.2, -0.15) is 0 Å². The van der Waals surface area contributed by atoms with Crippen molar-refractivity contribution in [1.29, 1.82) is 0 Å². The lowest BCUT2D eigenvalue weighted by Gasteiger charge is -2.40. The van der Waals surface area contributed by atoms with E-state index in [1.54, 1.807) is 40.0 Å². The van der Waals surface area contributed by atoms with Crippen LogP contribution in [0.5, 0.6) is 0 Å². The molecule has 0 aliphatic carbocycles. The van der Waals surface area contributed by atoms with Crippen LogP contribution in [-0.4, -0.2) is 78.4 Å². The molecule has 1 aliphatic heterocycles. The zero-order chi connectivity index (χ0) is 23.8. The standard InChI is InChI=1S/C22H33N5O5/c1-13(2)18(22(31)32-5)26-20(29)17-12-16(8-11-27(17)21(30)14(3)23-4)25-19(28)15-6-9-24-10-7-15/h6-7,9-10,13-14,16-18,23H,8,11-12H2,1-5H3,(H,25,28)(H,26,29)/t14-,16-,17-,18+/m0/s1. The molecular weight excluding hydrogens is 414 g/mol. The van der Waals surface area contributed by atoms with Crippen molar-refractivity contribution in [1.82, 2.24) is 25.8 Å². The maximum Gasteiger partial charge on any atom is 0.328 e. The molecule has 1 aromatic rings. The number of nitrogens with zero attached hydrogens (tertiary/aromatic N) is 2. The summed E-state index contributed by atoms with van der Waals surface area (Å²) in [5.41, 5.74) is 0.467. The van der Waals surface area contributed by atoms with E-state index in [9.17, 15) is 19.2 Å². The van der Waals surface area contributed by atoms with Crippen LogP contribution >= 0.6 is 0 Å². The molecule has 176 valence electrons. The molecule has 0 unspecified atom stereocenters. The van der Waals surface area contributed by atoms with Crippen molar-refractivity contribution in [3.63, 3.8) is 0 Å². The smallest absolute Gasteiger partial charge is 0.328 e. The number of likely N-dealkylation sites (tertiary alicyclic amines) is 1. The number of likely N-dealkylation sites (N-methyl/N-ethyl adjacent to an activating group) is 1. The van der Waals surface area contributed by atoms with Gasteiger partial charge in [0.1, 0.15) is 12.1 Å². The number of hydrogen-bond acceptors (Lipinski definition) is 7. The molecule has 4 atom stereocenters. The highest BCUT2D eigenvalue weighted by Crippen LogP contribution is 2.20. The van der Waals surface area contributed by atoms with Crippen molar-refractivity contribution in [3.05, 3.63) is 30.1 Å². The van der Waals surface area contributed by atoms with Crippen LogP contribution in [0.2, 0.25) is 0 Å². The van der Waals surface area contributed by atoms with Gasteiger partial charge in [-0.25, -0.2) is 4.79 Å². The van der Waals surface area contributed by atoms with E-state index in [-0.39, 0.29) is 30.2 Å². The van der Waals surface area contributed by atoms with Gasteiger partial charge >= 0.3 is 5.97 Å². The molecule has 32 heavy (non-hydrogen) atoms. The van der Waals surface area contributed by atoms with E-state index in [4.69, 9.17) is 4.74 Å². The van der Waals surface area contributed by atoms with Gasteiger partial charge in [-0.05, 0) is 44.9 Å². The van der Waals surface area contributed by atoms with E-state index >= 15 is 0 Å². The molecule has 2 heterocycles. The number of amides is 3. The Morgan fingerprint density at radius 3 is 2.38 bits per heavy atom. The number of rotatable bonds is 8. The Balaban J connectivity index is 2.20. The quantitative estimate of drug-likeness (QED) is 0.482. The highest BCUT2D eigenvalue weighted by atomic mass is 16.5. The molecule has 0 spiro atoms. The Kier molecular flexibility index (Phi) is 9.13. The largest absolute Gasteiger partial charge is 0.467 e. The van der Waals surface area contributed by atoms with E-state index in [2.05, 4.69) is 20.9 Å². The van der Waals surface area contributed by atoms with Gasteiger partial charge in [-0.3, -0.25) is 19.4 Å². The highest BCUT2D eigenvalue weighted by molar-refractivity contribution is 5.95. The van der Waals surface area contributed by atoms with Crippen LogP contribution in [0.4, 0.5) is 0 Å². The molecule has 3 amide bonds. The summed E-state index contributed by atoms with van der Waals surface area (Å²) in [6.07, 6.45) is 3.80. The summed E-state index contributed by atoms with van der Waals surface area (Å²) in [6, 6.07) is 0.761. The molecule has 10 nitrogen and oxygen atoms in total. The zero-order valence-electron chi connectivity index (χ0n) is 19.3. The Morgan fingerprint density at radius 1 is 1.16 bits per heavy atom. The number of nitrogens with one attached hydrogen (secondary N) is 3. The second-order valence-corrected chi connectivity index (χ2v) is 8.24. The van der Waals surface area contributed by atoms with Crippen LogP contribution in [0, 0.1) is 5.92 Å². The first-order chi connectivity index (χ1) is 15.2. The molecule has 10 heteroatoms. The zero-order valence-corrected chi connectivity index (χ0v) is 19.3. The van der Waals surface area contributed by atoms with Crippen molar-refractivity contribution in [2.75, 3.05) is 20.7 Å². The summed E-state index contributed by atoms with van der Waals surface area (Å²) in [7, 11) is 2.94. The minimum Gasteiger partial charge on any atom is -0.467 e. The summed E-state index contributed by atoms with van der Waals surface area (Å²) in [5, 5.41) is 8.58. The highest BCUT2D eigenvalue weighted by Gasteiger charge is 2.39. The third-order valence-corrected chi connectivity index (χ3v) is 5.69. The number of pyridine rings is 1. The van der Waals surface area contributed by atoms with Crippen molar-refractivity contribution in [3.8, 4) is 0 Å². The number of carbonyl (C=O) groups excluding carboxylic acids is 4. The molecule has 0 bridgehead atoms. The lowest BCUT2D eigenvalue weighted by Crippen LogP contribution is -2.61. The fourth-order valence-corrected chi connectivity index (χ4v) is 3.63. The third-order valence-electron chi connectivity index (χ3n) is 5.69. The number of methoxy groups -OCH3 is 1. The summed E-state index contributed by atoms with van der Waals surface area (Å²) >= 11 is 0. The third kappa shape index (κ3) is 6.25. The molecule has 1 saturated heterocycles. The number of hydrogen-bond donors (Lipinski definition) is 3. The van der Waals surface area contributed by atoms with Crippen LogP contribution in [0.1, 0.15) is 44.0 Å². The molecule has 1 aliphatic rings. The molecule has 1 aromatic heterocycles. The summed E-state index contributed by atoms with van der Waals surface area (Å²) < 4.78 is 4.81. The Bertz CT molecular complexity index is 816. The van der Waals surface area contributed by atoms with Crippen LogP contribution in [0.25, 0.3) is 0 Å². The topological polar surface area (TPSA) is 130 Å². The maximum absolute atomic E-state index is 13.2. The van der Waals surface area contributed by atoms with Gasteiger partial charge < -0.3 is 25.6 Å².